The Labute approximate surface area is 180 Å². The van der Waals surface area contributed by atoms with Crippen molar-refractivity contribution in [3.8, 4) is 5.75 Å². The molecule has 1 atom stereocenters. The van der Waals surface area contributed by atoms with Gasteiger partial charge in [0.1, 0.15) is 12.4 Å². The number of guanidine groups is 1. The average Bonchev–Trinajstić information content (AvgIpc) is 3.35. The van der Waals surface area contributed by atoms with Gasteiger partial charge >= 0.3 is 0 Å². The van der Waals surface area contributed by atoms with Gasteiger partial charge in [0.05, 0.1) is 6.54 Å². The zero-order chi connectivity index (χ0) is 18.2. The lowest BCUT2D eigenvalue weighted by Gasteiger charge is -2.25. The molecule has 0 radical (unpaired) electrons. The van der Waals surface area contributed by atoms with Crippen molar-refractivity contribution in [2.45, 2.75) is 38.8 Å². The second-order valence-electron chi connectivity index (χ2n) is 7.01. The number of rotatable bonds is 7. The minimum atomic E-state index is 0. The van der Waals surface area contributed by atoms with Gasteiger partial charge in [0.25, 0.3) is 0 Å². The van der Waals surface area contributed by atoms with Gasteiger partial charge in [-0.1, -0.05) is 30.9 Å². The van der Waals surface area contributed by atoms with E-state index in [1.807, 2.05) is 18.2 Å². The van der Waals surface area contributed by atoms with Crippen molar-refractivity contribution < 1.29 is 4.74 Å². The van der Waals surface area contributed by atoms with Gasteiger partial charge in [0.2, 0.25) is 0 Å². The van der Waals surface area contributed by atoms with Crippen molar-refractivity contribution in [3.05, 3.63) is 42.5 Å². The molecule has 1 aromatic carbocycles. The van der Waals surface area contributed by atoms with Crippen molar-refractivity contribution in [3.63, 3.8) is 0 Å². The SMILES string of the molecule is C=CCOc1ccccc1CN=C(NCC)N1CCC(N2CCCC2)C1.I. The third-order valence-corrected chi connectivity index (χ3v) is 5.18. The maximum absolute atomic E-state index is 5.76. The molecule has 27 heavy (non-hydrogen) atoms. The van der Waals surface area contributed by atoms with Crippen LogP contribution < -0.4 is 10.1 Å². The number of hydrogen-bond donors (Lipinski definition) is 1. The van der Waals surface area contributed by atoms with E-state index in [-0.39, 0.29) is 24.0 Å². The van der Waals surface area contributed by atoms with Crippen LogP contribution in [0, 0.1) is 0 Å². The van der Waals surface area contributed by atoms with Crippen molar-refractivity contribution in [2.75, 3.05) is 39.3 Å². The number of hydrogen-bond acceptors (Lipinski definition) is 3. The molecule has 150 valence electrons. The summed E-state index contributed by atoms with van der Waals surface area (Å²) in [6, 6.07) is 8.81. The first-order chi connectivity index (χ1) is 12.8. The van der Waals surface area contributed by atoms with Crippen LogP contribution in [-0.2, 0) is 6.54 Å². The maximum atomic E-state index is 5.76. The summed E-state index contributed by atoms with van der Waals surface area (Å²) >= 11 is 0. The van der Waals surface area contributed by atoms with Gasteiger partial charge in [-0.2, -0.15) is 0 Å². The summed E-state index contributed by atoms with van der Waals surface area (Å²) in [4.78, 5) is 9.97. The van der Waals surface area contributed by atoms with Crippen LogP contribution in [0.2, 0.25) is 0 Å². The Hall–Kier alpha value is -1.28. The quantitative estimate of drug-likeness (QED) is 0.279. The fourth-order valence-electron chi connectivity index (χ4n) is 3.85. The summed E-state index contributed by atoms with van der Waals surface area (Å²) in [7, 11) is 0. The molecule has 0 spiro atoms. The second kappa shape index (κ2) is 11.5. The van der Waals surface area contributed by atoms with Crippen LogP contribution in [-0.4, -0.2) is 61.1 Å². The molecule has 0 aliphatic carbocycles. The topological polar surface area (TPSA) is 40.1 Å². The first kappa shape index (κ1) is 22.0. The zero-order valence-electron chi connectivity index (χ0n) is 16.4. The molecule has 2 aliphatic rings. The third-order valence-electron chi connectivity index (χ3n) is 5.18. The highest BCUT2D eigenvalue weighted by molar-refractivity contribution is 14.0. The molecule has 0 amide bonds. The number of para-hydroxylation sites is 1. The molecule has 5 nitrogen and oxygen atoms in total. The number of benzene rings is 1. The lowest BCUT2D eigenvalue weighted by atomic mass is 10.2. The summed E-state index contributed by atoms with van der Waals surface area (Å²) < 4.78 is 5.76. The summed E-state index contributed by atoms with van der Waals surface area (Å²) in [5.41, 5.74) is 1.11. The molecule has 0 bridgehead atoms. The Kier molecular flexibility index (Phi) is 9.41. The fourth-order valence-corrected chi connectivity index (χ4v) is 3.85. The van der Waals surface area contributed by atoms with Gasteiger partial charge in [0.15, 0.2) is 5.96 Å². The molecule has 3 rings (SSSR count). The number of nitrogens with zero attached hydrogens (tertiary/aromatic N) is 3. The Morgan fingerprint density at radius 3 is 2.81 bits per heavy atom. The van der Waals surface area contributed by atoms with E-state index in [9.17, 15) is 0 Å². The minimum Gasteiger partial charge on any atom is -0.489 e. The lowest BCUT2D eigenvalue weighted by molar-refractivity contribution is 0.249. The molecule has 0 aromatic heterocycles. The van der Waals surface area contributed by atoms with E-state index < -0.39 is 0 Å². The van der Waals surface area contributed by atoms with Crippen LogP contribution in [0.25, 0.3) is 0 Å². The predicted octanol–water partition coefficient (Wildman–Crippen LogP) is 3.51. The average molecular weight is 484 g/mol. The molecule has 1 unspecified atom stereocenters. The monoisotopic (exact) mass is 484 g/mol. The summed E-state index contributed by atoms with van der Waals surface area (Å²) in [5, 5.41) is 3.47. The molecular weight excluding hydrogens is 451 g/mol. The first-order valence-electron chi connectivity index (χ1n) is 9.90. The Balaban J connectivity index is 0.00000261. The van der Waals surface area contributed by atoms with Crippen molar-refractivity contribution in [1.29, 1.82) is 0 Å². The first-order valence-corrected chi connectivity index (χ1v) is 9.90. The van der Waals surface area contributed by atoms with E-state index in [0.29, 0.717) is 19.2 Å². The van der Waals surface area contributed by atoms with Crippen LogP contribution in [0.3, 0.4) is 0 Å². The molecule has 2 aliphatic heterocycles. The normalized spacial score (nSPS) is 20.4. The van der Waals surface area contributed by atoms with Crippen LogP contribution in [0.1, 0.15) is 31.7 Å². The van der Waals surface area contributed by atoms with E-state index in [1.54, 1.807) is 6.08 Å². The highest BCUT2D eigenvalue weighted by atomic mass is 127. The molecular formula is C21H33IN4O. The zero-order valence-corrected chi connectivity index (χ0v) is 18.7. The van der Waals surface area contributed by atoms with Gasteiger partial charge in [-0.15, -0.1) is 24.0 Å². The van der Waals surface area contributed by atoms with Gasteiger partial charge in [0, 0.05) is 31.2 Å². The Morgan fingerprint density at radius 2 is 2.07 bits per heavy atom. The number of likely N-dealkylation sites (tertiary alicyclic amines) is 2. The minimum absolute atomic E-state index is 0. The Morgan fingerprint density at radius 1 is 1.30 bits per heavy atom. The van der Waals surface area contributed by atoms with E-state index in [0.717, 1.165) is 36.9 Å². The number of nitrogens with one attached hydrogen (secondary N) is 1. The van der Waals surface area contributed by atoms with Gasteiger partial charge in [-0.25, -0.2) is 4.99 Å². The molecule has 2 heterocycles. The molecule has 1 N–H and O–H groups in total. The van der Waals surface area contributed by atoms with E-state index in [4.69, 9.17) is 9.73 Å². The van der Waals surface area contributed by atoms with Crippen LogP contribution in [0.15, 0.2) is 41.9 Å². The summed E-state index contributed by atoms with van der Waals surface area (Å²) in [6.07, 6.45) is 5.72. The lowest BCUT2D eigenvalue weighted by Crippen LogP contribution is -2.42. The van der Waals surface area contributed by atoms with Crippen molar-refractivity contribution in [1.82, 2.24) is 15.1 Å². The number of ether oxygens (including phenoxy) is 1. The highest BCUT2D eigenvalue weighted by Gasteiger charge is 2.30. The molecule has 2 saturated heterocycles. The molecule has 0 saturated carbocycles. The van der Waals surface area contributed by atoms with Crippen LogP contribution >= 0.6 is 24.0 Å². The van der Waals surface area contributed by atoms with Crippen molar-refractivity contribution >= 4 is 29.9 Å². The number of aliphatic imine (C=N–C) groups is 1. The number of halogens is 1. The molecule has 6 heteroatoms. The molecule has 1 aromatic rings. The maximum Gasteiger partial charge on any atom is 0.194 e. The van der Waals surface area contributed by atoms with Crippen LogP contribution in [0.5, 0.6) is 5.75 Å². The van der Waals surface area contributed by atoms with E-state index in [1.165, 1.54) is 32.4 Å². The van der Waals surface area contributed by atoms with Crippen LogP contribution in [0.4, 0.5) is 0 Å². The van der Waals surface area contributed by atoms with E-state index in [2.05, 4.69) is 34.7 Å². The Bertz CT molecular complexity index is 616. The third kappa shape index (κ3) is 6.10. The summed E-state index contributed by atoms with van der Waals surface area (Å²) in [5.74, 6) is 1.91. The van der Waals surface area contributed by atoms with Crippen molar-refractivity contribution in [2.24, 2.45) is 4.99 Å². The fraction of sp³-hybridized carbons (Fsp3) is 0.571. The van der Waals surface area contributed by atoms with Gasteiger partial charge in [-0.3, -0.25) is 4.90 Å². The molecule has 2 fully saturated rings. The second-order valence-corrected chi connectivity index (χ2v) is 7.01. The van der Waals surface area contributed by atoms with Gasteiger partial charge < -0.3 is 15.0 Å². The van der Waals surface area contributed by atoms with E-state index >= 15 is 0 Å². The predicted molar refractivity (Wildman–Crippen MR) is 123 cm³/mol. The van der Waals surface area contributed by atoms with Gasteiger partial charge in [-0.05, 0) is 45.3 Å². The standard InChI is InChI=1S/C21H32N4O.HI/c1-3-15-26-20-10-6-5-9-18(20)16-23-21(22-4-2)25-14-11-19(17-25)24-12-7-8-13-24;/h3,5-6,9-10,19H,1,4,7-8,11-17H2,2H3,(H,22,23);1H. The smallest absolute Gasteiger partial charge is 0.194 e. The highest BCUT2D eigenvalue weighted by Crippen LogP contribution is 2.22. The summed E-state index contributed by atoms with van der Waals surface area (Å²) in [6.45, 7) is 12.6. The largest absolute Gasteiger partial charge is 0.489 e.